The lowest BCUT2D eigenvalue weighted by Gasteiger charge is -2.26. The molecule has 0 radical (unpaired) electrons. The second-order valence-corrected chi connectivity index (χ2v) is 10.6. The molecular weight excluding hydrogens is 585 g/mol. The van der Waals surface area contributed by atoms with Crippen LogP contribution in [0.4, 0.5) is 24.5 Å². The minimum absolute atomic E-state index is 0.0385. The van der Waals surface area contributed by atoms with Crippen LogP contribution < -0.4 is 10.2 Å². The first kappa shape index (κ1) is 32.8. The zero-order chi connectivity index (χ0) is 30.2. The maximum absolute atomic E-state index is 12.5. The fourth-order valence-corrected chi connectivity index (χ4v) is 5.09. The van der Waals surface area contributed by atoms with Crippen molar-refractivity contribution in [1.29, 1.82) is 5.26 Å². The molecule has 2 amide bonds. The van der Waals surface area contributed by atoms with E-state index in [9.17, 15) is 22.8 Å². The van der Waals surface area contributed by atoms with Crippen LogP contribution in [0.15, 0.2) is 28.7 Å². The van der Waals surface area contributed by atoms with Crippen molar-refractivity contribution >= 4 is 39.1 Å². The number of hydrogen-bond acceptors (Lipinski definition) is 3. The molecule has 10 heteroatoms. The molecule has 2 saturated heterocycles. The van der Waals surface area contributed by atoms with Gasteiger partial charge in [0.05, 0.1) is 23.8 Å². The summed E-state index contributed by atoms with van der Waals surface area (Å²) in [6.07, 6.45) is 0.924. The lowest BCUT2D eigenvalue weighted by molar-refractivity contribution is -0.138. The first-order chi connectivity index (χ1) is 18.8. The number of carbonyl (C=O) groups is 2. The van der Waals surface area contributed by atoms with Crippen LogP contribution in [-0.2, 0) is 15.8 Å². The molecule has 0 aromatic heterocycles. The largest absolute Gasteiger partial charge is 0.417 e. The number of anilines is 1. The lowest BCUT2D eigenvalue weighted by atomic mass is 10.0. The summed E-state index contributed by atoms with van der Waals surface area (Å²) in [7, 11) is 0. The van der Waals surface area contributed by atoms with E-state index in [1.807, 2.05) is 30.9 Å². The highest BCUT2D eigenvalue weighted by atomic mass is 79.9. The summed E-state index contributed by atoms with van der Waals surface area (Å²) in [5, 5.41) is 11.4. The van der Waals surface area contributed by atoms with E-state index in [2.05, 4.69) is 39.9 Å². The molecule has 2 aromatic rings. The molecule has 0 saturated carbocycles. The average molecular weight is 620 g/mol. The summed E-state index contributed by atoms with van der Waals surface area (Å²) in [6, 6.07) is 8.65. The van der Waals surface area contributed by atoms with Crippen molar-refractivity contribution < 1.29 is 22.8 Å². The maximum Gasteiger partial charge on any atom is 0.417 e. The standard InChI is InChI=1S/C15H18N2O.C9H5BrF3N.C6H11NO/c1-5-12-6-9-15(18)17(12)14-8-7-13(16-4)10(2)11(14)3;1-5-7(10)3-2-6(4-14)8(5)9(11,12)13;1-2-5-3-4-6(8)7-5/h7-8,12H,5-6,9H2,1-3H3;2-3H,1H3;5H,2-4H2,1H3,(H,7,8)/t12-;;5-/m0.0/s1. The topological polar surface area (TPSA) is 77.6 Å². The highest BCUT2D eigenvalue weighted by Crippen LogP contribution is 2.37. The van der Waals surface area contributed by atoms with Crippen molar-refractivity contribution in [2.45, 2.75) is 91.4 Å². The zero-order valence-electron chi connectivity index (χ0n) is 23.4. The molecule has 40 heavy (non-hydrogen) atoms. The molecule has 0 unspecified atom stereocenters. The summed E-state index contributed by atoms with van der Waals surface area (Å²) < 4.78 is 37.9. The lowest BCUT2D eigenvalue weighted by Crippen LogP contribution is -2.33. The zero-order valence-corrected chi connectivity index (χ0v) is 25.0. The van der Waals surface area contributed by atoms with Crippen LogP contribution in [0.5, 0.6) is 0 Å². The molecule has 1 N–H and O–H groups in total. The fourth-order valence-electron chi connectivity index (χ4n) is 4.76. The van der Waals surface area contributed by atoms with Gasteiger partial charge in [-0.3, -0.25) is 9.59 Å². The molecule has 2 aromatic carbocycles. The van der Waals surface area contributed by atoms with Crippen molar-refractivity contribution in [3.8, 4) is 6.07 Å². The van der Waals surface area contributed by atoms with Gasteiger partial charge in [0.1, 0.15) is 0 Å². The van der Waals surface area contributed by atoms with E-state index in [-0.39, 0.29) is 22.9 Å². The van der Waals surface area contributed by atoms with Gasteiger partial charge in [-0.15, -0.1) is 0 Å². The molecule has 0 spiro atoms. The van der Waals surface area contributed by atoms with Gasteiger partial charge in [-0.1, -0.05) is 35.8 Å². The van der Waals surface area contributed by atoms with Gasteiger partial charge in [0, 0.05) is 35.1 Å². The van der Waals surface area contributed by atoms with Gasteiger partial charge in [0.2, 0.25) is 11.8 Å². The van der Waals surface area contributed by atoms with Gasteiger partial charge in [-0.25, -0.2) is 4.85 Å². The van der Waals surface area contributed by atoms with E-state index >= 15 is 0 Å². The van der Waals surface area contributed by atoms with Gasteiger partial charge in [0.15, 0.2) is 5.69 Å². The number of carbonyl (C=O) groups excluding carboxylic acids is 2. The van der Waals surface area contributed by atoms with E-state index in [0.717, 1.165) is 55.0 Å². The van der Waals surface area contributed by atoms with Crippen molar-refractivity contribution in [2.75, 3.05) is 4.90 Å². The number of hydrogen-bond donors (Lipinski definition) is 1. The van der Waals surface area contributed by atoms with Crippen LogP contribution in [0, 0.1) is 38.7 Å². The number of amides is 2. The smallest absolute Gasteiger partial charge is 0.353 e. The number of nitrogens with one attached hydrogen (secondary N) is 1. The second-order valence-electron chi connectivity index (χ2n) is 9.75. The van der Waals surface area contributed by atoms with E-state index in [1.54, 1.807) is 0 Å². The molecule has 0 aliphatic carbocycles. The van der Waals surface area contributed by atoms with Crippen LogP contribution in [0.3, 0.4) is 0 Å². The normalized spacial score (nSPS) is 18.1. The molecule has 2 fully saturated rings. The van der Waals surface area contributed by atoms with Crippen LogP contribution in [-0.4, -0.2) is 23.9 Å². The van der Waals surface area contributed by atoms with E-state index in [0.29, 0.717) is 28.7 Å². The van der Waals surface area contributed by atoms with Gasteiger partial charge >= 0.3 is 6.18 Å². The average Bonchev–Trinajstić information content (AvgIpc) is 3.51. The van der Waals surface area contributed by atoms with Crippen molar-refractivity contribution in [3.05, 3.63) is 68.0 Å². The minimum Gasteiger partial charge on any atom is -0.353 e. The van der Waals surface area contributed by atoms with Crippen LogP contribution in [0.2, 0.25) is 0 Å². The Morgan fingerprint density at radius 2 is 1.73 bits per heavy atom. The van der Waals surface area contributed by atoms with E-state index in [4.69, 9.17) is 11.8 Å². The number of alkyl halides is 3. The molecule has 0 bridgehead atoms. The van der Waals surface area contributed by atoms with E-state index in [1.165, 1.54) is 19.1 Å². The summed E-state index contributed by atoms with van der Waals surface area (Å²) >= 11 is 2.99. The third-order valence-electron chi connectivity index (χ3n) is 7.29. The quantitative estimate of drug-likeness (QED) is 0.353. The SMILES string of the molecule is CC[C@H]1CCC(=O)N1.Cc1c(Br)ccc(C#N)c1C(F)(F)F.[C-]#[N+]c1ccc(N2C(=O)CC[C@@H]2CC)c(C)c1C. The Hall–Kier alpha value is -3.37. The van der Waals surface area contributed by atoms with Crippen LogP contribution in [0.25, 0.3) is 4.85 Å². The molecule has 2 aliphatic rings. The summed E-state index contributed by atoms with van der Waals surface area (Å²) in [5.41, 5.74) is 2.52. The Morgan fingerprint density at radius 1 is 1.05 bits per heavy atom. The van der Waals surface area contributed by atoms with Crippen molar-refractivity contribution in [2.24, 2.45) is 0 Å². The summed E-state index contributed by atoms with van der Waals surface area (Å²) in [6.45, 7) is 16.6. The molecule has 2 heterocycles. The Labute approximate surface area is 242 Å². The Balaban J connectivity index is 0.000000226. The Morgan fingerprint density at radius 3 is 2.20 bits per heavy atom. The highest BCUT2D eigenvalue weighted by Gasteiger charge is 2.36. The first-order valence-corrected chi connectivity index (χ1v) is 13.9. The van der Waals surface area contributed by atoms with Crippen LogP contribution >= 0.6 is 15.9 Å². The number of nitrogens with zero attached hydrogens (tertiary/aromatic N) is 3. The van der Waals surface area contributed by atoms with Gasteiger partial charge < -0.3 is 10.2 Å². The number of benzene rings is 2. The maximum atomic E-state index is 12.5. The van der Waals surface area contributed by atoms with Gasteiger partial charge in [-0.05, 0) is 81.3 Å². The third-order valence-corrected chi connectivity index (χ3v) is 8.15. The van der Waals surface area contributed by atoms with Crippen molar-refractivity contribution in [3.63, 3.8) is 0 Å². The van der Waals surface area contributed by atoms with Crippen LogP contribution in [0.1, 0.15) is 80.2 Å². The number of nitriles is 1. The predicted molar refractivity (Wildman–Crippen MR) is 153 cm³/mol. The Bertz CT molecular complexity index is 1330. The molecule has 4 rings (SSSR count). The molecule has 214 valence electrons. The molecule has 2 aliphatic heterocycles. The molecular formula is C30H34BrF3N4O2. The summed E-state index contributed by atoms with van der Waals surface area (Å²) in [5.74, 6) is 0.428. The highest BCUT2D eigenvalue weighted by molar-refractivity contribution is 9.10. The minimum atomic E-state index is -4.49. The number of halogens is 4. The van der Waals surface area contributed by atoms with Crippen molar-refractivity contribution in [1.82, 2.24) is 5.32 Å². The monoisotopic (exact) mass is 618 g/mol. The summed E-state index contributed by atoms with van der Waals surface area (Å²) in [4.78, 5) is 28.0. The fraction of sp³-hybridized carbons (Fsp3) is 0.467. The Kier molecular flexibility index (Phi) is 11.8. The molecule has 6 nitrogen and oxygen atoms in total. The number of rotatable bonds is 3. The molecule has 2 atom stereocenters. The third kappa shape index (κ3) is 7.85. The van der Waals surface area contributed by atoms with Gasteiger partial charge in [0.25, 0.3) is 0 Å². The first-order valence-electron chi connectivity index (χ1n) is 13.2. The predicted octanol–water partition coefficient (Wildman–Crippen LogP) is 8.08. The second kappa shape index (κ2) is 14.3. The van der Waals surface area contributed by atoms with E-state index < -0.39 is 11.7 Å². The van der Waals surface area contributed by atoms with Gasteiger partial charge in [-0.2, -0.15) is 18.4 Å².